The summed E-state index contributed by atoms with van der Waals surface area (Å²) in [5.74, 6) is 0.877. The van der Waals surface area contributed by atoms with Crippen molar-refractivity contribution in [2.75, 3.05) is 27.4 Å². The minimum atomic E-state index is 0.236. The second-order valence-electron chi connectivity index (χ2n) is 4.55. The van der Waals surface area contributed by atoms with Crippen molar-refractivity contribution in [3.8, 4) is 5.75 Å². The van der Waals surface area contributed by atoms with Crippen molar-refractivity contribution in [1.82, 2.24) is 5.32 Å². The van der Waals surface area contributed by atoms with Crippen LogP contribution >= 0.6 is 0 Å². The molecule has 2 rings (SSSR count). The summed E-state index contributed by atoms with van der Waals surface area (Å²) in [6.45, 7) is 4.11. The fourth-order valence-corrected chi connectivity index (χ4v) is 1.87. The molecule has 0 bridgehead atoms. The molecule has 1 unspecified atom stereocenters. The van der Waals surface area contributed by atoms with Crippen LogP contribution < -0.4 is 10.1 Å². The highest BCUT2D eigenvalue weighted by Crippen LogP contribution is 2.24. The van der Waals surface area contributed by atoms with Crippen LogP contribution in [-0.2, 0) is 16.1 Å². The number of benzene rings is 1. The zero-order chi connectivity index (χ0) is 13.0. The van der Waals surface area contributed by atoms with Crippen molar-refractivity contribution in [3.05, 3.63) is 29.3 Å². The minimum absolute atomic E-state index is 0.236. The Kier molecular flexibility index (Phi) is 4.58. The van der Waals surface area contributed by atoms with Gasteiger partial charge in [0, 0.05) is 11.6 Å². The lowest BCUT2D eigenvalue weighted by molar-refractivity contribution is -0.135. The van der Waals surface area contributed by atoms with Crippen LogP contribution in [0.15, 0.2) is 18.2 Å². The molecule has 1 heterocycles. The molecule has 1 fully saturated rings. The first-order valence-corrected chi connectivity index (χ1v) is 6.28. The first-order chi connectivity index (χ1) is 8.74. The second-order valence-corrected chi connectivity index (χ2v) is 4.55. The van der Waals surface area contributed by atoms with Crippen LogP contribution in [0.4, 0.5) is 0 Å². The summed E-state index contributed by atoms with van der Waals surface area (Å²) in [7, 11) is 3.64. The predicted molar refractivity (Wildman–Crippen MR) is 69.9 cm³/mol. The maximum absolute atomic E-state index is 5.75. The average Bonchev–Trinajstić information content (AvgIpc) is 2.35. The molecule has 18 heavy (non-hydrogen) atoms. The predicted octanol–water partition coefficient (Wildman–Crippen LogP) is 1.89. The normalized spacial score (nSPS) is 17.3. The Bertz CT molecular complexity index is 391. The molecule has 0 spiro atoms. The molecule has 1 aliphatic rings. The van der Waals surface area contributed by atoms with Gasteiger partial charge in [-0.25, -0.2) is 0 Å². The van der Waals surface area contributed by atoms with Crippen LogP contribution in [0, 0.1) is 0 Å². The summed E-state index contributed by atoms with van der Waals surface area (Å²) in [6, 6.07) is 6.54. The molecule has 0 amide bonds. The van der Waals surface area contributed by atoms with Gasteiger partial charge in [-0.3, -0.25) is 0 Å². The van der Waals surface area contributed by atoms with Gasteiger partial charge in [-0.05, 0) is 31.7 Å². The van der Waals surface area contributed by atoms with Gasteiger partial charge in [0.2, 0.25) is 0 Å². The standard InChI is InChI=1S/C14H21NO3/c1-10(15-2)11-4-5-14(16-3)12(6-11)7-18-13-8-17-9-13/h4-6,10,13,15H,7-9H2,1-3H3. The molecular weight excluding hydrogens is 230 g/mol. The summed E-state index contributed by atoms with van der Waals surface area (Å²) >= 11 is 0. The number of methoxy groups -OCH3 is 1. The monoisotopic (exact) mass is 251 g/mol. The summed E-state index contributed by atoms with van der Waals surface area (Å²) in [5.41, 5.74) is 2.32. The molecule has 0 aromatic heterocycles. The molecule has 0 saturated carbocycles. The maximum Gasteiger partial charge on any atom is 0.124 e. The number of hydrogen-bond donors (Lipinski definition) is 1. The van der Waals surface area contributed by atoms with Gasteiger partial charge in [0.25, 0.3) is 0 Å². The van der Waals surface area contributed by atoms with Crippen molar-refractivity contribution < 1.29 is 14.2 Å². The topological polar surface area (TPSA) is 39.7 Å². The fourth-order valence-electron chi connectivity index (χ4n) is 1.87. The van der Waals surface area contributed by atoms with Crippen LogP contribution in [0.5, 0.6) is 5.75 Å². The molecule has 1 aromatic carbocycles. The lowest BCUT2D eigenvalue weighted by Crippen LogP contribution is -2.35. The highest BCUT2D eigenvalue weighted by atomic mass is 16.6. The lowest BCUT2D eigenvalue weighted by Gasteiger charge is -2.26. The van der Waals surface area contributed by atoms with Crippen molar-refractivity contribution >= 4 is 0 Å². The van der Waals surface area contributed by atoms with E-state index in [1.165, 1.54) is 5.56 Å². The van der Waals surface area contributed by atoms with E-state index < -0.39 is 0 Å². The Morgan fingerprint density at radius 1 is 1.44 bits per heavy atom. The van der Waals surface area contributed by atoms with Crippen molar-refractivity contribution in [2.24, 2.45) is 0 Å². The Morgan fingerprint density at radius 3 is 2.78 bits per heavy atom. The van der Waals surface area contributed by atoms with Gasteiger partial charge in [0.15, 0.2) is 0 Å². The van der Waals surface area contributed by atoms with Gasteiger partial charge in [-0.1, -0.05) is 6.07 Å². The van der Waals surface area contributed by atoms with Gasteiger partial charge in [-0.2, -0.15) is 0 Å². The quantitative estimate of drug-likeness (QED) is 0.838. The van der Waals surface area contributed by atoms with Crippen LogP contribution in [0.3, 0.4) is 0 Å². The van der Waals surface area contributed by atoms with E-state index >= 15 is 0 Å². The molecule has 1 aliphatic heterocycles. The van der Waals surface area contributed by atoms with E-state index in [-0.39, 0.29) is 6.10 Å². The van der Waals surface area contributed by atoms with E-state index in [4.69, 9.17) is 14.2 Å². The largest absolute Gasteiger partial charge is 0.496 e. The molecule has 0 aliphatic carbocycles. The molecule has 4 heteroatoms. The number of hydrogen-bond acceptors (Lipinski definition) is 4. The maximum atomic E-state index is 5.75. The van der Waals surface area contributed by atoms with Gasteiger partial charge < -0.3 is 19.5 Å². The van der Waals surface area contributed by atoms with E-state index in [9.17, 15) is 0 Å². The molecule has 1 N–H and O–H groups in total. The van der Waals surface area contributed by atoms with Crippen LogP contribution in [0.25, 0.3) is 0 Å². The van der Waals surface area contributed by atoms with Crippen LogP contribution in [0.1, 0.15) is 24.1 Å². The number of ether oxygens (including phenoxy) is 3. The van der Waals surface area contributed by atoms with E-state index in [0.717, 1.165) is 11.3 Å². The molecule has 100 valence electrons. The Labute approximate surface area is 108 Å². The van der Waals surface area contributed by atoms with E-state index in [1.807, 2.05) is 13.1 Å². The fraction of sp³-hybridized carbons (Fsp3) is 0.571. The average molecular weight is 251 g/mol. The molecule has 1 aromatic rings. The third-order valence-electron chi connectivity index (χ3n) is 3.32. The second kappa shape index (κ2) is 6.18. The molecule has 1 saturated heterocycles. The zero-order valence-corrected chi connectivity index (χ0v) is 11.2. The number of nitrogens with one attached hydrogen (secondary N) is 1. The smallest absolute Gasteiger partial charge is 0.124 e. The summed E-state index contributed by atoms with van der Waals surface area (Å²) in [4.78, 5) is 0. The Morgan fingerprint density at radius 2 is 2.22 bits per heavy atom. The van der Waals surface area contributed by atoms with Crippen molar-refractivity contribution in [3.63, 3.8) is 0 Å². The van der Waals surface area contributed by atoms with Crippen molar-refractivity contribution in [1.29, 1.82) is 0 Å². The van der Waals surface area contributed by atoms with E-state index in [2.05, 4.69) is 24.4 Å². The van der Waals surface area contributed by atoms with Gasteiger partial charge in [0.1, 0.15) is 11.9 Å². The Hall–Kier alpha value is -1.10. The van der Waals surface area contributed by atoms with Crippen LogP contribution in [0.2, 0.25) is 0 Å². The summed E-state index contributed by atoms with van der Waals surface area (Å²) in [6.07, 6.45) is 0.236. The van der Waals surface area contributed by atoms with Gasteiger partial charge in [-0.15, -0.1) is 0 Å². The molecule has 4 nitrogen and oxygen atoms in total. The van der Waals surface area contributed by atoms with E-state index in [1.54, 1.807) is 7.11 Å². The van der Waals surface area contributed by atoms with Crippen molar-refractivity contribution in [2.45, 2.75) is 25.7 Å². The number of rotatable bonds is 6. The highest BCUT2D eigenvalue weighted by Gasteiger charge is 2.19. The zero-order valence-electron chi connectivity index (χ0n) is 11.2. The summed E-state index contributed by atoms with van der Waals surface area (Å²) < 4.78 is 16.2. The van der Waals surface area contributed by atoms with Gasteiger partial charge in [0.05, 0.1) is 26.9 Å². The van der Waals surface area contributed by atoms with Crippen LogP contribution in [-0.4, -0.2) is 33.5 Å². The molecular formula is C14H21NO3. The lowest BCUT2D eigenvalue weighted by atomic mass is 10.0. The van der Waals surface area contributed by atoms with E-state index in [0.29, 0.717) is 25.9 Å². The first-order valence-electron chi connectivity index (χ1n) is 6.28. The highest BCUT2D eigenvalue weighted by molar-refractivity contribution is 5.38. The SMILES string of the molecule is CNC(C)c1ccc(OC)c(COC2COC2)c1. The summed E-state index contributed by atoms with van der Waals surface area (Å²) in [5, 5.41) is 3.23. The molecule has 0 radical (unpaired) electrons. The van der Waals surface area contributed by atoms with Gasteiger partial charge >= 0.3 is 0 Å². The Balaban J connectivity index is 2.08. The third kappa shape index (κ3) is 3.02. The minimum Gasteiger partial charge on any atom is -0.496 e. The molecule has 1 atom stereocenters. The first kappa shape index (κ1) is 13.3. The third-order valence-corrected chi connectivity index (χ3v) is 3.32.